The van der Waals surface area contributed by atoms with E-state index in [1.54, 1.807) is 0 Å². The first kappa shape index (κ1) is 13.1. The van der Waals surface area contributed by atoms with E-state index >= 15 is 0 Å². The second-order valence-corrected chi connectivity index (χ2v) is 4.29. The van der Waals surface area contributed by atoms with Crippen molar-refractivity contribution >= 4 is 22.8 Å². The second-order valence-electron chi connectivity index (χ2n) is 4.29. The van der Waals surface area contributed by atoms with Gasteiger partial charge in [-0.1, -0.05) is 18.2 Å². The van der Waals surface area contributed by atoms with Crippen molar-refractivity contribution in [2.24, 2.45) is 5.73 Å². The van der Waals surface area contributed by atoms with E-state index < -0.39 is 12.0 Å². The molecule has 0 aliphatic heterocycles. The zero-order chi connectivity index (χ0) is 13.8. The van der Waals surface area contributed by atoms with Crippen LogP contribution in [0.2, 0.25) is 0 Å². The predicted octanol–water partition coefficient (Wildman–Crippen LogP) is 0.586. The van der Waals surface area contributed by atoms with Gasteiger partial charge in [0.1, 0.15) is 6.04 Å². The van der Waals surface area contributed by atoms with Gasteiger partial charge in [-0.2, -0.15) is 0 Å². The molecule has 2 rings (SSSR count). The molecular formula is C13H15N3O3. The van der Waals surface area contributed by atoms with Crippen LogP contribution >= 0.6 is 0 Å². The molecule has 0 saturated carbocycles. The molecule has 5 N–H and O–H groups in total. The standard InChI is InChI=1S/C13H15N3O3/c14-10(13(18)19)5-12(17)16-7-8-6-15-11-4-2-1-3-9(8)11/h1-4,6,10,15H,5,7,14H2,(H,16,17)(H,18,19). The summed E-state index contributed by atoms with van der Waals surface area (Å²) in [7, 11) is 0. The number of fused-ring (bicyclic) bond motifs is 1. The number of aliphatic carboxylic acids is 1. The number of benzene rings is 1. The minimum atomic E-state index is -1.18. The van der Waals surface area contributed by atoms with Gasteiger partial charge in [0.15, 0.2) is 0 Å². The number of hydrogen-bond donors (Lipinski definition) is 4. The summed E-state index contributed by atoms with van der Waals surface area (Å²) in [5, 5.41) is 12.3. The third-order valence-electron chi connectivity index (χ3n) is 2.87. The van der Waals surface area contributed by atoms with Crippen molar-refractivity contribution in [3.05, 3.63) is 36.0 Å². The van der Waals surface area contributed by atoms with Crippen molar-refractivity contribution in [3.8, 4) is 0 Å². The lowest BCUT2D eigenvalue weighted by molar-refractivity contribution is -0.140. The lowest BCUT2D eigenvalue weighted by Gasteiger charge is -2.07. The van der Waals surface area contributed by atoms with Crippen molar-refractivity contribution in [2.45, 2.75) is 19.0 Å². The van der Waals surface area contributed by atoms with Crippen LogP contribution in [0.4, 0.5) is 0 Å². The molecule has 0 aliphatic carbocycles. The van der Waals surface area contributed by atoms with E-state index in [1.807, 2.05) is 30.5 Å². The molecule has 100 valence electrons. The Kier molecular flexibility index (Phi) is 3.82. The van der Waals surface area contributed by atoms with Crippen LogP contribution in [0.3, 0.4) is 0 Å². The predicted molar refractivity (Wildman–Crippen MR) is 70.4 cm³/mol. The fourth-order valence-electron chi connectivity index (χ4n) is 1.83. The number of carbonyl (C=O) groups excluding carboxylic acids is 1. The summed E-state index contributed by atoms with van der Waals surface area (Å²) in [6, 6.07) is 6.58. The van der Waals surface area contributed by atoms with Gasteiger partial charge in [-0.25, -0.2) is 0 Å². The first-order valence-corrected chi connectivity index (χ1v) is 5.88. The van der Waals surface area contributed by atoms with Crippen molar-refractivity contribution in [1.29, 1.82) is 0 Å². The summed E-state index contributed by atoms with van der Waals surface area (Å²) in [5.74, 6) is -1.55. The molecule has 6 nitrogen and oxygen atoms in total. The minimum Gasteiger partial charge on any atom is -0.480 e. The number of rotatable bonds is 5. The van der Waals surface area contributed by atoms with Crippen LogP contribution in [-0.2, 0) is 16.1 Å². The van der Waals surface area contributed by atoms with Gasteiger partial charge in [0, 0.05) is 23.6 Å². The molecule has 0 radical (unpaired) electrons. The molecule has 6 heteroatoms. The van der Waals surface area contributed by atoms with Crippen molar-refractivity contribution in [2.75, 3.05) is 0 Å². The fourth-order valence-corrected chi connectivity index (χ4v) is 1.83. The molecule has 0 fully saturated rings. The summed E-state index contributed by atoms with van der Waals surface area (Å²) in [6.45, 7) is 0.342. The Bertz CT molecular complexity index is 606. The van der Waals surface area contributed by atoms with Crippen molar-refractivity contribution in [3.63, 3.8) is 0 Å². The quantitative estimate of drug-likeness (QED) is 0.631. The summed E-state index contributed by atoms with van der Waals surface area (Å²) in [5.41, 5.74) is 7.24. The maximum absolute atomic E-state index is 11.5. The highest BCUT2D eigenvalue weighted by Crippen LogP contribution is 2.17. The second kappa shape index (κ2) is 5.53. The SMILES string of the molecule is NC(CC(=O)NCc1c[nH]c2ccccc12)C(=O)O. The number of nitrogens with two attached hydrogens (primary N) is 1. The first-order chi connectivity index (χ1) is 9.08. The lowest BCUT2D eigenvalue weighted by atomic mass is 10.1. The van der Waals surface area contributed by atoms with Crippen LogP contribution in [0, 0.1) is 0 Å². The summed E-state index contributed by atoms with van der Waals surface area (Å²) in [6.07, 6.45) is 1.60. The Balaban J connectivity index is 1.95. The number of aromatic nitrogens is 1. The fraction of sp³-hybridized carbons (Fsp3) is 0.231. The normalized spacial score (nSPS) is 12.3. The smallest absolute Gasteiger partial charge is 0.321 e. The van der Waals surface area contributed by atoms with Crippen LogP contribution < -0.4 is 11.1 Å². The molecule has 0 bridgehead atoms. The summed E-state index contributed by atoms with van der Waals surface area (Å²) >= 11 is 0. The van der Waals surface area contributed by atoms with E-state index in [0.29, 0.717) is 6.54 Å². The Labute approximate surface area is 109 Å². The minimum absolute atomic E-state index is 0.225. The number of nitrogens with one attached hydrogen (secondary N) is 2. The van der Waals surface area contributed by atoms with Crippen LogP contribution in [0.1, 0.15) is 12.0 Å². The van der Waals surface area contributed by atoms with Crippen LogP contribution in [-0.4, -0.2) is 28.0 Å². The summed E-state index contributed by atoms with van der Waals surface area (Å²) in [4.78, 5) is 25.2. The van der Waals surface area contributed by atoms with E-state index in [9.17, 15) is 9.59 Å². The first-order valence-electron chi connectivity index (χ1n) is 5.88. The Morgan fingerprint density at radius 2 is 2.11 bits per heavy atom. The molecule has 1 heterocycles. The van der Waals surface area contributed by atoms with E-state index in [2.05, 4.69) is 10.3 Å². The van der Waals surface area contributed by atoms with E-state index in [-0.39, 0.29) is 12.3 Å². The van der Waals surface area contributed by atoms with Gasteiger partial charge in [-0.15, -0.1) is 0 Å². The van der Waals surface area contributed by atoms with Crippen molar-refractivity contribution in [1.82, 2.24) is 10.3 Å². The van der Waals surface area contributed by atoms with Gasteiger partial charge in [-0.05, 0) is 11.6 Å². The van der Waals surface area contributed by atoms with E-state index in [0.717, 1.165) is 16.5 Å². The molecule has 0 aliphatic rings. The number of carbonyl (C=O) groups is 2. The third-order valence-corrected chi connectivity index (χ3v) is 2.87. The Morgan fingerprint density at radius 3 is 2.84 bits per heavy atom. The highest BCUT2D eigenvalue weighted by Gasteiger charge is 2.16. The zero-order valence-electron chi connectivity index (χ0n) is 10.2. The lowest BCUT2D eigenvalue weighted by Crippen LogP contribution is -2.36. The molecule has 1 aromatic carbocycles. The molecule has 1 unspecified atom stereocenters. The van der Waals surface area contributed by atoms with Gasteiger partial charge in [0.05, 0.1) is 6.42 Å². The van der Waals surface area contributed by atoms with Gasteiger partial charge < -0.3 is 21.1 Å². The number of hydrogen-bond acceptors (Lipinski definition) is 3. The molecule has 1 amide bonds. The number of para-hydroxylation sites is 1. The number of aromatic amines is 1. The molecule has 0 spiro atoms. The highest BCUT2D eigenvalue weighted by atomic mass is 16.4. The van der Waals surface area contributed by atoms with Gasteiger partial charge in [0.25, 0.3) is 0 Å². The zero-order valence-corrected chi connectivity index (χ0v) is 10.2. The Hall–Kier alpha value is -2.34. The number of carboxylic acid groups (broad SMARTS) is 1. The largest absolute Gasteiger partial charge is 0.480 e. The molecular weight excluding hydrogens is 246 g/mol. The average Bonchev–Trinajstić information content (AvgIpc) is 2.79. The van der Waals surface area contributed by atoms with Gasteiger partial charge >= 0.3 is 5.97 Å². The van der Waals surface area contributed by atoms with Crippen LogP contribution in [0.15, 0.2) is 30.5 Å². The average molecular weight is 261 g/mol. The molecule has 2 aromatic rings. The number of amides is 1. The van der Waals surface area contributed by atoms with E-state index in [4.69, 9.17) is 10.8 Å². The third kappa shape index (κ3) is 3.11. The summed E-state index contributed by atoms with van der Waals surface area (Å²) < 4.78 is 0. The van der Waals surface area contributed by atoms with Crippen LogP contribution in [0.5, 0.6) is 0 Å². The van der Waals surface area contributed by atoms with Gasteiger partial charge in [0.2, 0.25) is 5.91 Å². The molecule has 1 aromatic heterocycles. The number of H-pyrrole nitrogens is 1. The molecule has 0 saturated heterocycles. The maximum Gasteiger partial charge on any atom is 0.321 e. The van der Waals surface area contributed by atoms with Crippen molar-refractivity contribution < 1.29 is 14.7 Å². The highest BCUT2D eigenvalue weighted by molar-refractivity contribution is 5.86. The van der Waals surface area contributed by atoms with Gasteiger partial charge in [-0.3, -0.25) is 9.59 Å². The topological polar surface area (TPSA) is 108 Å². The molecule has 1 atom stereocenters. The monoisotopic (exact) mass is 261 g/mol. The maximum atomic E-state index is 11.5. The Morgan fingerprint density at radius 1 is 1.37 bits per heavy atom. The molecule has 19 heavy (non-hydrogen) atoms. The van der Waals surface area contributed by atoms with Crippen LogP contribution in [0.25, 0.3) is 10.9 Å². The number of carboxylic acids is 1. The van der Waals surface area contributed by atoms with E-state index in [1.165, 1.54) is 0 Å².